The number of rotatable bonds is 7. The molecule has 2 aromatic heterocycles. The molecular weight excluding hydrogens is 365 g/mol. The molecule has 0 radical (unpaired) electrons. The Morgan fingerprint density at radius 3 is 2.63 bits per heavy atom. The number of hydrogen-bond acceptors (Lipinski definition) is 5. The maximum Gasteiger partial charge on any atom is 0.226 e. The van der Waals surface area contributed by atoms with E-state index in [2.05, 4.69) is 10.3 Å². The van der Waals surface area contributed by atoms with Gasteiger partial charge in [-0.1, -0.05) is 12.1 Å². The Kier molecular flexibility index (Phi) is 6.03. The molecule has 0 aliphatic carbocycles. The minimum absolute atomic E-state index is 0.0355. The Morgan fingerprint density at radius 2 is 2.00 bits per heavy atom. The lowest BCUT2D eigenvalue weighted by Gasteiger charge is -2.25. The SMILES string of the molecule is Cc1ccc(-c2nc(CC(=O)NCC(c3ccc(F)cc3)N(C)C)cs2)o1. The molecular formula is C20H22FN3O2S. The quantitative estimate of drug-likeness (QED) is 0.670. The van der Waals surface area contributed by atoms with Crippen molar-refractivity contribution in [2.75, 3.05) is 20.6 Å². The number of aromatic nitrogens is 1. The summed E-state index contributed by atoms with van der Waals surface area (Å²) >= 11 is 1.46. The van der Waals surface area contributed by atoms with Gasteiger partial charge in [-0.3, -0.25) is 4.79 Å². The van der Waals surface area contributed by atoms with Gasteiger partial charge in [0.1, 0.15) is 11.6 Å². The van der Waals surface area contributed by atoms with Crippen LogP contribution >= 0.6 is 11.3 Å². The van der Waals surface area contributed by atoms with Crippen molar-refractivity contribution in [1.82, 2.24) is 15.2 Å². The minimum atomic E-state index is -0.272. The predicted molar refractivity (Wildman–Crippen MR) is 104 cm³/mol. The van der Waals surface area contributed by atoms with Gasteiger partial charge in [0.15, 0.2) is 10.8 Å². The Morgan fingerprint density at radius 1 is 1.26 bits per heavy atom. The normalized spacial score (nSPS) is 12.3. The monoisotopic (exact) mass is 387 g/mol. The third-order valence-electron chi connectivity index (χ3n) is 4.22. The van der Waals surface area contributed by atoms with Crippen LogP contribution in [0.2, 0.25) is 0 Å². The number of hydrogen-bond donors (Lipinski definition) is 1. The van der Waals surface area contributed by atoms with Gasteiger partial charge in [0.2, 0.25) is 5.91 Å². The Labute approximate surface area is 161 Å². The summed E-state index contributed by atoms with van der Waals surface area (Å²) in [5.41, 5.74) is 1.66. The molecule has 27 heavy (non-hydrogen) atoms. The predicted octanol–water partition coefficient (Wildman–Crippen LogP) is 3.81. The molecule has 7 heteroatoms. The first-order valence-corrected chi connectivity index (χ1v) is 9.50. The smallest absolute Gasteiger partial charge is 0.226 e. The zero-order valence-corrected chi connectivity index (χ0v) is 16.3. The Bertz CT molecular complexity index is 902. The van der Waals surface area contributed by atoms with E-state index in [9.17, 15) is 9.18 Å². The van der Waals surface area contributed by atoms with Crippen LogP contribution in [-0.4, -0.2) is 36.4 Å². The van der Waals surface area contributed by atoms with Crippen molar-refractivity contribution in [3.8, 4) is 10.8 Å². The third kappa shape index (κ3) is 5.02. The number of likely N-dealkylation sites (N-methyl/N-ethyl adjacent to an activating group) is 1. The fourth-order valence-electron chi connectivity index (χ4n) is 2.77. The van der Waals surface area contributed by atoms with E-state index in [0.29, 0.717) is 18.0 Å². The standard InChI is InChI=1S/C20H22FN3O2S/c1-13-4-9-18(26-13)20-23-16(12-27-20)10-19(25)22-11-17(24(2)3)14-5-7-15(21)8-6-14/h4-9,12,17H,10-11H2,1-3H3,(H,22,25). The highest BCUT2D eigenvalue weighted by molar-refractivity contribution is 7.13. The molecule has 0 bridgehead atoms. The second kappa shape index (κ2) is 8.45. The van der Waals surface area contributed by atoms with Crippen molar-refractivity contribution in [3.63, 3.8) is 0 Å². The second-order valence-electron chi connectivity index (χ2n) is 6.57. The van der Waals surface area contributed by atoms with Gasteiger partial charge in [-0.2, -0.15) is 0 Å². The lowest BCUT2D eigenvalue weighted by Crippen LogP contribution is -2.35. The van der Waals surface area contributed by atoms with Crippen LogP contribution in [0.4, 0.5) is 4.39 Å². The van der Waals surface area contributed by atoms with Crippen LogP contribution in [0.5, 0.6) is 0 Å². The van der Waals surface area contributed by atoms with Gasteiger partial charge in [0.25, 0.3) is 0 Å². The minimum Gasteiger partial charge on any atom is -0.459 e. The van der Waals surface area contributed by atoms with Crippen molar-refractivity contribution in [1.29, 1.82) is 0 Å². The number of carbonyl (C=O) groups excluding carboxylic acids is 1. The van der Waals surface area contributed by atoms with Gasteiger partial charge in [0, 0.05) is 11.9 Å². The molecule has 1 atom stereocenters. The van der Waals surface area contributed by atoms with Crippen LogP contribution in [0.1, 0.15) is 23.1 Å². The molecule has 5 nitrogen and oxygen atoms in total. The van der Waals surface area contributed by atoms with Crippen LogP contribution in [0.3, 0.4) is 0 Å². The number of furan rings is 1. The third-order valence-corrected chi connectivity index (χ3v) is 5.12. The van der Waals surface area contributed by atoms with E-state index in [1.165, 1.54) is 23.5 Å². The molecule has 3 aromatic rings. The van der Waals surface area contributed by atoms with Crippen molar-refractivity contribution in [2.45, 2.75) is 19.4 Å². The summed E-state index contributed by atoms with van der Waals surface area (Å²) in [6.45, 7) is 2.32. The lowest BCUT2D eigenvalue weighted by atomic mass is 10.1. The molecule has 0 saturated heterocycles. The zero-order chi connectivity index (χ0) is 19.4. The number of nitrogens with zero attached hydrogens (tertiary/aromatic N) is 2. The number of thiazole rings is 1. The van der Waals surface area contributed by atoms with Gasteiger partial charge < -0.3 is 14.6 Å². The van der Waals surface area contributed by atoms with Crippen LogP contribution in [0.15, 0.2) is 46.2 Å². The van der Waals surface area contributed by atoms with Crippen LogP contribution in [0.25, 0.3) is 10.8 Å². The van der Waals surface area contributed by atoms with Gasteiger partial charge >= 0.3 is 0 Å². The van der Waals surface area contributed by atoms with Crippen molar-refractivity contribution >= 4 is 17.2 Å². The van der Waals surface area contributed by atoms with E-state index in [0.717, 1.165) is 16.3 Å². The zero-order valence-electron chi connectivity index (χ0n) is 15.5. The number of benzene rings is 1. The molecule has 0 spiro atoms. The summed E-state index contributed by atoms with van der Waals surface area (Å²) in [5.74, 6) is 1.17. The molecule has 142 valence electrons. The van der Waals surface area contributed by atoms with Gasteiger partial charge in [-0.05, 0) is 50.8 Å². The number of halogens is 1. The van der Waals surface area contributed by atoms with E-state index < -0.39 is 0 Å². The lowest BCUT2D eigenvalue weighted by molar-refractivity contribution is -0.120. The van der Waals surface area contributed by atoms with Crippen molar-refractivity contribution < 1.29 is 13.6 Å². The first-order chi connectivity index (χ1) is 12.9. The molecule has 1 unspecified atom stereocenters. The number of aryl methyl sites for hydroxylation is 1. The van der Waals surface area contributed by atoms with Crippen molar-refractivity contribution in [3.05, 3.63) is 64.6 Å². The van der Waals surface area contributed by atoms with Gasteiger partial charge in [-0.15, -0.1) is 11.3 Å². The molecule has 0 saturated carbocycles. The molecule has 1 aromatic carbocycles. The summed E-state index contributed by atoms with van der Waals surface area (Å²) in [6.07, 6.45) is 0.208. The summed E-state index contributed by atoms with van der Waals surface area (Å²) in [5, 5.41) is 5.58. The van der Waals surface area contributed by atoms with E-state index in [-0.39, 0.29) is 24.2 Å². The van der Waals surface area contributed by atoms with E-state index in [1.807, 2.05) is 43.4 Å². The second-order valence-corrected chi connectivity index (χ2v) is 7.42. The van der Waals surface area contributed by atoms with E-state index in [1.54, 1.807) is 12.1 Å². The first-order valence-electron chi connectivity index (χ1n) is 8.62. The highest BCUT2D eigenvalue weighted by atomic mass is 32.1. The Hall–Kier alpha value is -2.51. The van der Waals surface area contributed by atoms with Crippen LogP contribution in [0, 0.1) is 12.7 Å². The van der Waals surface area contributed by atoms with Gasteiger partial charge in [-0.25, -0.2) is 9.37 Å². The molecule has 1 amide bonds. The molecule has 3 rings (SSSR count). The van der Waals surface area contributed by atoms with E-state index >= 15 is 0 Å². The molecule has 0 aliphatic rings. The highest BCUT2D eigenvalue weighted by Crippen LogP contribution is 2.25. The number of amides is 1. The largest absolute Gasteiger partial charge is 0.459 e. The fraction of sp³-hybridized carbons (Fsp3) is 0.300. The fourth-order valence-corrected chi connectivity index (χ4v) is 3.55. The molecule has 1 N–H and O–H groups in total. The summed E-state index contributed by atoms with van der Waals surface area (Å²) in [4.78, 5) is 18.8. The van der Waals surface area contributed by atoms with Gasteiger partial charge in [0.05, 0.1) is 18.2 Å². The maximum atomic E-state index is 13.1. The molecule has 0 aliphatic heterocycles. The summed E-state index contributed by atoms with van der Waals surface area (Å²) < 4.78 is 18.7. The molecule has 0 fully saturated rings. The summed E-state index contributed by atoms with van der Waals surface area (Å²) in [6, 6.07) is 10.1. The summed E-state index contributed by atoms with van der Waals surface area (Å²) in [7, 11) is 3.86. The first kappa shape index (κ1) is 19.3. The van der Waals surface area contributed by atoms with Crippen LogP contribution in [-0.2, 0) is 11.2 Å². The number of carbonyl (C=O) groups is 1. The maximum absolute atomic E-state index is 13.1. The van der Waals surface area contributed by atoms with Crippen molar-refractivity contribution in [2.24, 2.45) is 0 Å². The molecule has 2 heterocycles. The number of nitrogens with one attached hydrogen (secondary N) is 1. The average Bonchev–Trinajstić information content (AvgIpc) is 3.25. The highest BCUT2D eigenvalue weighted by Gasteiger charge is 2.16. The van der Waals surface area contributed by atoms with E-state index in [4.69, 9.17) is 4.42 Å². The Balaban J connectivity index is 1.58. The van der Waals surface area contributed by atoms with Crippen LogP contribution < -0.4 is 5.32 Å². The topological polar surface area (TPSA) is 58.4 Å². The average molecular weight is 387 g/mol.